The molecule has 5 nitrogen and oxygen atoms in total. The number of hydrogen-bond donors (Lipinski definition) is 0. The molecule has 22 heavy (non-hydrogen) atoms. The Kier molecular flexibility index (Phi) is 2.98. The highest BCUT2D eigenvalue weighted by Crippen LogP contribution is 2.46. The maximum Gasteiger partial charge on any atom is 0.129 e. The maximum atomic E-state index is 9.00. The predicted octanol–water partition coefficient (Wildman–Crippen LogP) is 3.52. The molecule has 6 heteroatoms. The van der Waals surface area contributed by atoms with E-state index < -0.39 is 0 Å². The van der Waals surface area contributed by atoms with Gasteiger partial charge in [-0.1, -0.05) is 6.92 Å². The van der Waals surface area contributed by atoms with Gasteiger partial charge in [-0.2, -0.15) is 10.4 Å². The number of thiophene rings is 1. The van der Waals surface area contributed by atoms with Crippen LogP contribution in [0.4, 0.5) is 0 Å². The summed E-state index contributed by atoms with van der Waals surface area (Å²) in [5.74, 6) is 0.854. The van der Waals surface area contributed by atoms with Gasteiger partial charge in [0.2, 0.25) is 0 Å². The standard InChI is InChI=1S/C16H15N5S/c1-2-13-19-12-3-8-22-15(12)14(20-13)11-9-18-21(10-11)16(4-5-16)6-7-17/h3,8-10H,2,4-6H2,1H3. The number of rotatable bonds is 4. The molecule has 0 N–H and O–H groups in total. The number of hydrogen-bond acceptors (Lipinski definition) is 5. The second-order valence-corrected chi connectivity index (χ2v) is 6.63. The van der Waals surface area contributed by atoms with Crippen LogP contribution < -0.4 is 0 Å². The molecule has 0 spiro atoms. The summed E-state index contributed by atoms with van der Waals surface area (Å²) in [6.07, 6.45) is 7.28. The Balaban J connectivity index is 1.81. The van der Waals surface area contributed by atoms with Crippen LogP contribution in [0.1, 0.15) is 32.0 Å². The van der Waals surface area contributed by atoms with Crippen LogP contribution in [-0.4, -0.2) is 19.7 Å². The lowest BCUT2D eigenvalue weighted by molar-refractivity contribution is 0.440. The highest BCUT2D eigenvalue weighted by Gasteiger charge is 2.45. The van der Waals surface area contributed by atoms with E-state index in [0.29, 0.717) is 6.42 Å². The van der Waals surface area contributed by atoms with Gasteiger partial charge < -0.3 is 0 Å². The zero-order valence-corrected chi connectivity index (χ0v) is 13.1. The van der Waals surface area contributed by atoms with Crippen LogP contribution in [0.15, 0.2) is 23.8 Å². The van der Waals surface area contributed by atoms with Gasteiger partial charge in [-0.05, 0) is 24.3 Å². The summed E-state index contributed by atoms with van der Waals surface area (Å²) in [7, 11) is 0. The zero-order chi connectivity index (χ0) is 15.2. The van der Waals surface area contributed by atoms with Crippen LogP contribution >= 0.6 is 11.3 Å². The van der Waals surface area contributed by atoms with E-state index in [1.165, 1.54) is 0 Å². The summed E-state index contributed by atoms with van der Waals surface area (Å²) in [5.41, 5.74) is 2.88. The van der Waals surface area contributed by atoms with Gasteiger partial charge in [0.15, 0.2) is 0 Å². The third-order valence-corrected chi connectivity index (χ3v) is 5.15. The van der Waals surface area contributed by atoms with Crippen LogP contribution in [0.2, 0.25) is 0 Å². The largest absolute Gasteiger partial charge is 0.265 e. The second-order valence-electron chi connectivity index (χ2n) is 5.71. The SMILES string of the molecule is CCc1nc(-c2cnn(C3(CC#N)CC3)c2)c2sccc2n1. The van der Waals surface area contributed by atoms with Crippen LogP contribution in [0, 0.1) is 11.3 Å². The molecule has 0 amide bonds. The quantitative estimate of drug-likeness (QED) is 0.739. The fourth-order valence-electron chi connectivity index (χ4n) is 2.75. The van der Waals surface area contributed by atoms with Gasteiger partial charge in [0.1, 0.15) is 5.82 Å². The zero-order valence-electron chi connectivity index (χ0n) is 12.3. The fourth-order valence-corrected chi connectivity index (χ4v) is 3.59. The molecular formula is C16H15N5S. The molecular weight excluding hydrogens is 294 g/mol. The highest BCUT2D eigenvalue weighted by atomic mass is 32.1. The minimum Gasteiger partial charge on any atom is -0.265 e. The summed E-state index contributed by atoms with van der Waals surface area (Å²) in [6.45, 7) is 2.06. The van der Waals surface area contributed by atoms with E-state index in [1.807, 2.05) is 28.5 Å². The number of nitriles is 1. The van der Waals surface area contributed by atoms with E-state index in [0.717, 1.165) is 46.6 Å². The molecule has 0 radical (unpaired) electrons. The molecule has 0 unspecified atom stereocenters. The number of aromatic nitrogens is 4. The minimum absolute atomic E-state index is 0.0812. The van der Waals surface area contributed by atoms with Gasteiger partial charge in [0, 0.05) is 18.2 Å². The molecule has 0 atom stereocenters. The van der Waals surface area contributed by atoms with Crippen molar-refractivity contribution < 1.29 is 0 Å². The van der Waals surface area contributed by atoms with Crippen molar-refractivity contribution in [2.24, 2.45) is 0 Å². The molecule has 1 saturated carbocycles. The number of aryl methyl sites for hydroxylation is 1. The lowest BCUT2D eigenvalue weighted by Gasteiger charge is -2.10. The average Bonchev–Trinajstić information content (AvgIpc) is 2.98. The summed E-state index contributed by atoms with van der Waals surface area (Å²) >= 11 is 1.66. The highest BCUT2D eigenvalue weighted by molar-refractivity contribution is 7.17. The summed E-state index contributed by atoms with van der Waals surface area (Å²) < 4.78 is 3.06. The van der Waals surface area contributed by atoms with Gasteiger partial charge in [0.05, 0.1) is 40.1 Å². The summed E-state index contributed by atoms with van der Waals surface area (Å²) in [5, 5.41) is 15.5. The molecule has 0 aliphatic heterocycles. The molecule has 1 aliphatic carbocycles. The molecule has 4 rings (SSSR count). The Labute approximate surface area is 132 Å². The first-order valence-corrected chi connectivity index (χ1v) is 8.30. The molecule has 1 fully saturated rings. The van der Waals surface area contributed by atoms with Crippen molar-refractivity contribution in [3.63, 3.8) is 0 Å². The van der Waals surface area contributed by atoms with Gasteiger partial charge >= 0.3 is 0 Å². The van der Waals surface area contributed by atoms with Crippen molar-refractivity contribution in [3.8, 4) is 17.3 Å². The van der Waals surface area contributed by atoms with Crippen LogP contribution in [0.25, 0.3) is 21.5 Å². The molecule has 0 aromatic carbocycles. The average molecular weight is 309 g/mol. The van der Waals surface area contributed by atoms with Crippen molar-refractivity contribution in [2.75, 3.05) is 0 Å². The van der Waals surface area contributed by atoms with Gasteiger partial charge in [0.25, 0.3) is 0 Å². The molecule has 0 saturated heterocycles. The third kappa shape index (κ3) is 2.01. The summed E-state index contributed by atoms with van der Waals surface area (Å²) in [6, 6.07) is 4.31. The van der Waals surface area contributed by atoms with E-state index in [4.69, 9.17) is 10.2 Å². The van der Waals surface area contributed by atoms with Crippen LogP contribution in [0.3, 0.4) is 0 Å². The first kappa shape index (κ1) is 13.4. The van der Waals surface area contributed by atoms with E-state index in [1.54, 1.807) is 11.3 Å². The van der Waals surface area contributed by atoms with Crippen molar-refractivity contribution in [1.29, 1.82) is 5.26 Å². The predicted molar refractivity (Wildman–Crippen MR) is 85.5 cm³/mol. The van der Waals surface area contributed by atoms with E-state index in [9.17, 15) is 0 Å². The number of nitrogens with zero attached hydrogens (tertiary/aromatic N) is 5. The van der Waals surface area contributed by atoms with E-state index in [-0.39, 0.29) is 5.54 Å². The molecule has 1 aliphatic rings. The second kappa shape index (κ2) is 4.89. The minimum atomic E-state index is -0.0812. The lowest BCUT2D eigenvalue weighted by atomic mass is 10.2. The topological polar surface area (TPSA) is 67.4 Å². The van der Waals surface area contributed by atoms with Gasteiger partial charge in [-0.15, -0.1) is 11.3 Å². The van der Waals surface area contributed by atoms with Gasteiger partial charge in [-0.3, -0.25) is 4.68 Å². The Bertz CT molecular complexity index is 881. The molecule has 0 bridgehead atoms. The van der Waals surface area contributed by atoms with Crippen molar-refractivity contribution in [2.45, 2.75) is 38.1 Å². The maximum absolute atomic E-state index is 9.00. The third-order valence-electron chi connectivity index (χ3n) is 4.24. The normalized spacial score (nSPS) is 15.8. The molecule has 3 aromatic heterocycles. The first-order chi connectivity index (χ1) is 10.8. The number of fused-ring (bicyclic) bond motifs is 1. The van der Waals surface area contributed by atoms with Crippen molar-refractivity contribution >= 4 is 21.6 Å². The Morgan fingerprint density at radius 2 is 2.27 bits per heavy atom. The monoisotopic (exact) mass is 309 g/mol. The van der Waals surface area contributed by atoms with Crippen LogP contribution in [0.5, 0.6) is 0 Å². The van der Waals surface area contributed by atoms with Crippen LogP contribution in [-0.2, 0) is 12.0 Å². The first-order valence-electron chi connectivity index (χ1n) is 7.42. The van der Waals surface area contributed by atoms with Crippen molar-refractivity contribution in [3.05, 3.63) is 29.7 Å². The molecule has 3 heterocycles. The van der Waals surface area contributed by atoms with Crippen molar-refractivity contribution in [1.82, 2.24) is 19.7 Å². The van der Waals surface area contributed by atoms with Gasteiger partial charge in [-0.25, -0.2) is 9.97 Å². The summed E-state index contributed by atoms with van der Waals surface area (Å²) in [4.78, 5) is 9.27. The fraction of sp³-hybridized carbons (Fsp3) is 0.375. The Morgan fingerprint density at radius 3 is 3.00 bits per heavy atom. The van der Waals surface area contributed by atoms with E-state index >= 15 is 0 Å². The van der Waals surface area contributed by atoms with E-state index in [2.05, 4.69) is 23.1 Å². The smallest absolute Gasteiger partial charge is 0.129 e. The lowest BCUT2D eigenvalue weighted by Crippen LogP contribution is -2.16. The molecule has 110 valence electrons. The Morgan fingerprint density at radius 1 is 1.41 bits per heavy atom. The Hall–Kier alpha value is -2.26. The molecule has 3 aromatic rings.